The van der Waals surface area contributed by atoms with Gasteiger partial charge in [-0.05, 0) is 135 Å². The van der Waals surface area contributed by atoms with Crippen LogP contribution in [-0.4, -0.2) is 37.2 Å². The molecule has 6 heteroatoms. The summed E-state index contributed by atoms with van der Waals surface area (Å²) >= 11 is 0. The van der Waals surface area contributed by atoms with E-state index >= 15 is 0 Å². The first-order chi connectivity index (χ1) is 33.5. The standard InChI is InChI=1S/C62H92O6/c1-4-7-10-13-16-19-22-25-27-29-31-33-35-37-40-43-46-49-52-55-61(64)67-58-59(57-66-60(63)54-51-48-45-42-39-24-21-18-15-12-9-6-3)68-62(65)56-53-50-47-44-41-38-36-34-32-30-28-26-23-20-17-14-11-8-5-2/h7-12,16-21,25-28,31-34,37-42,46,49,59H,4-6,13-15,22-24,29-30,35-36,43-45,47-48,50-58H2,1-3H3/b10-7-,11-8-,12-9-,19-16-,20-17-,21-18-,27-25-,28-26-,33-31-,34-32-,40-37-,41-38-,42-39-,49-46-. The number of unbranched alkanes of at least 4 members (excludes halogenated alkanes) is 5. The summed E-state index contributed by atoms with van der Waals surface area (Å²) in [5.74, 6) is -1.12. The zero-order valence-corrected chi connectivity index (χ0v) is 42.8. The van der Waals surface area contributed by atoms with Crippen LogP contribution in [0.2, 0.25) is 0 Å². The molecule has 0 N–H and O–H groups in total. The molecular weight excluding hydrogens is 841 g/mol. The molecule has 0 aliphatic carbocycles. The van der Waals surface area contributed by atoms with Crippen molar-refractivity contribution >= 4 is 17.9 Å². The summed E-state index contributed by atoms with van der Waals surface area (Å²) < 4.78 is 16.7. The van der Waals surface area contributed by atoms with Crippen LogP contribution in [0.5, 0.6) is 0 Å². The van der Waals surface area contributed by atoms with Crippen LogP contribution in [0.1, 0.15) is 181 Å². The highest BCUT2D eigenvalue weighted by atomic mass is 16.6. The van der Waals surface area contributed by atoms with E-state index in [1.54, 1.807) is 0 Å². The molecule has 0 aromatic heterocycles. The Morgan fingerprint density at radius 1 is 0.294 bits per heavy atom. The summed E-state index contributed by atoms with van der Waals surface area (Å²) in [6, 6.07) is 0. The molecule has 0 bridgehead atoms. The third-order valence-corrected chi connectivity index (χ3v) is 9.96. The zero-order chi connectivity index (χ0) is 49.3. The summed E-state index contributed by atoms with van der Waals surface area (Å²) in [6.07, 6.45) is 80.7. The van der Waals surface area contributed by atoms with Gasteiger partial charge in [-0.1, -0.05) is 197 Å². The van der Waals surface area contributed by atoms with Crippen molar-refractivity contribution < 1.29 is 28.6 Å². The van der Waals surface area contributed by atoms with Crippen molar-refractivity contribution in [3.63, 3.8) is 0 Å². The van der Waals surface area contributed by atoms with Gasteiger partial charge >= 0.3 is 17.9 Å². The average Bonchev–Trinajstić information content (AvgIpc) is 3.34. The third-order valence-electron chi connectivity index (χ3n) is 9.96. The largest absolute Gasteiger partial charge is 0.462 e. The fraction of sp³-hybridized carbons (Fsp3) is 0.500. The Balaban J connectivity index is 4.64. The molecule has 0 aromatic rings. The van der Waals surface area contributed by atoms with Gasteiger partial charge in [0.05, 0.1) is 0 Å². The summed E-state index contributed by atoms with van der Waals surface area (Å²) in [5, 5.41) is 0. The molecule has 0 aliphatic heterocycles. The number of carbonyl (C=O) groups excluding carboxylic acids is 3. The topological polar surface area (TPSA) is 78.9 Å². The molecule has 68 heavy (non-hydrogen) atoms. The van der Waals surface area contributed by atoms with Crippen LogP contribution in [0.3, 0.4) is 0 Å². The van der Waals surface area contributed by atoms with Crippen LogP contribution >= 0.6 is 0 Å². The highest BCUT2D eigenvalue weighted by Crippen LogP contribution is 2.10. The lowest BCUT2D eigenvalue weighted by molar-refractivity contribution is -0.166. The maximum atomic E-state index is 12.8. The average molecular weight is 933 g/mol. The number of ether oxygens (including phenoxy) is 3. The van der Waals surface area contributed by atoms with E-state index in [2.05, 4.69) is 179 Å². The highest BCUT2D eigenvalue weighted by Gasteiger charge is 2.19. The smallest absolute Gasteiger partial charge is 0.306 e. The van der Waals surface area contributed by atoms with E-state index in [0.717, 1.165) is 122 Å². The van der Waals surface area contributed by atoms with Crippen LogP contribution < -0.4 is 0 Å². The monoisotopic (exact) mass is 933 g/mol. The first-order valence-corrected chi connectivity index (χ1v) is 26.1. The van der Waals surface area contributed by atoms with Gasteiger partial charge in [0, 0.05) is 19.3 Å². The van der Waals surface area contributed by atoms with Crippen molar-refractivity contribution in [1.29, 1.82) is 0 Å². The van der Waals surface area contributed by atoms with Gasteiger partial charge in [0.1, 0.15) is 13.2 Å². The van der Waals surface area contributed by atoms with Crippen molar-refractivity contribution in [3.8, 4) is 0 Å². The number of esters is 3. The second-order valence-electron chi connectivity index (χ2n) is 16.3. The van der Waals surface area contributed by atoms with E-state index in [4.69, 9.17) is 14.2 Å². The molecule has 0 amide bonds. The Morgan fingerprint density at radius 3 is 0.912 bits per heavy atom. The van der Waals surface area contributed by atoms with Crippen molar-refractivity contribution in [2.45, 2.75) is 187 Å². The molecule has 0 aliphatic rings. The molecule has 0 saturated heterocycles. The fourth-order valence-corrected chi connectivity index (χ4v) is 6.15. The summed E-state index contributed by atoms with van der Waals surface area (Å²) in [7, 11) is 0. The zero-order valence-electron chi connectivity index (χ0n) is 42.8. The minimum Gasteiger partial charge on any atom is -0.462 e. The minimum absolute atomic E-state index is 0.144. The number of rotatable bonds is 44. The summed E-state index contributed by atoms with van der Waals surface area (Å²) in [6.45, 7) is 6.13. The van der Waals surface area contributed by atoms with Crippen molar-refractivity contribution in [1.82, 2.24) is 0 Å². The molecule has 0 aromatic carbocycles. The second-order valence-corrected chi connectivity index (χ2v) is 16.3. The normalized spacial score (nSPS) is 13.5. The van der Waals surface area contributed by atoms with Crippen LogP contribution in [-0.2, 0) is 28.6 Å². The molecule has 0 saturated carbocycles. The van der Waals surface area contributed by atoms with Gasteiger partial charge in [0.2, 0.25) is 0 Å². The first-order valence-electron chi connectivity index (χ1n) is 26.1. The lowest BCUT2D eigenvalue weighted by atomic mass is 10.1. The molecule has 0 spiro atoms. The van der Waals surface area contributed by atoms with Crippen molar-refractivity contribution in [2.24, 2.45) is 0 Å². The molecule has 0 radical (unpaired) electrons. The molecule has 1 atom stereocenters. The van der Waals surface area contributed by atoms with E-state index in [1.165, 1.54) is 0 Å². The predicted molar refractivity (Wildman–Crippen MR) is 292 cm³/mol. The Bertz CT molecular complexity index is 1640. The quantitative estimate of drug-likeness (QED) is 0.0262. The van der Waals surface area contributed by atoms with E-state index in [1.807, 2.05) is 12.2 Å². The van der Waals surface area contributed by atoms with E-state index in [9.17, 15) is 14.4 Å². The van der Waals surface area contributed by atoms with E-state index < -0.39 is 6.10 Å². The van der Waals surface area contributed by atoms with E-state index in [-0.39, 0.29) is 50.4 Å². The van der Waals surface area contributed by atoms with Crippen molar-refractivity contribution in [3.05, 3.63) is 170 Å². The van der Waals surface area contributed by atoms with Crippen LogP contribution in [0, 0.1) is 0 Å². The lowest BCUT2D eigenvalue weighted by Crippen LogP contribution is -2.30. The predicted octanol–water partition coefficient (Wildman–Crippen LogP) is 17.6. The van der Waals surface area contributed by atoms with Gasteiger partial charge in [-0.25, -0.2) is 0 Å². The molecular formula is C62H92O6. The van der Waals surface area contributed by atoms with Crippen molar-refractivity contribution in [2.75, 3.05) is 13.2 Å². The second kappa shape index (κ2) is 54.4. The Labute approximate surface area is 415 Å². The molecule has 1 unspecified atom stereocenters. The van der Waals surface area contributed by atoms with Crippen LogP contribution in [0.15, 0.2) is 170 Å². The number of carbonyl (C=O) groups is 3. The molecule has 376 valence electrons. The first kappa shape index (κ1) is 62.8. The van der Waals surface area contributed by atoms with Gasteiger partial charge < -0.3 is 14.2 Å². The Kier molecular flexibility index (Phi) is 50.2. The molecule has 0 fully saturated rings. The minimum atomic E-state index is -0.851. The molecule has 0 rings (SSSR count). The number of allylic oxidation sites excluding steroid dienone is 28. The van der Waals surface area contributed by atoms with Gasteiger partial charge in [-0.2, -0.15) is 0 Å². The van der Waals surface area contributed by atoms with Gasteiger partial charge in [-0.15, -0.1) is 0 Å². The van der Waals surface area contributed by atoms with Gasteiger partial charge in [0.25, 0.3) is 0 Å². The Hall–Kier alpha value is -5.23. The maximum absolute atomic E-state index is 12.8. The maximum Gasteiger partial charge on any atom is 0.306 e. The Morgan fingerprint density at radius 2 is 0.559 bits per heavy atom. The van der Waals surface area contributed by atoms with Gasteiger partial charge in [-0.3, -0.25) is 14.4 Å². The van der Waals surface area contributed by atoms with Gasteiger partial charge in [0.15, 0.2) is 6.10 Å². The SMILES string of the molecule is CC/C=C\C/C=C\C/C=C\C/C=C\C/C=C\C/C=C\CCC(=O)OCC(COC(=O)CCCC/C=C\C/C=C\C/C=C\CC)OC(=O)CCCCC/C=C\C/C=C\C/C=C\C/C=C\C/C=C\CC. The van der Waals surface area contributed by atoms with Crippen LogP contribution in [0.25, 0.3) is 0 Å². The third kappa shape index (κ3) is 51.7. The summed E-state index contributed by atoms with van der Waals surface area (Å²) in [4.78, 5) is 38.0. The number of hydrogen-bond donors (Lipinski definition) is 0. The number of hydrogen-bond acceptors (Lipinski definition) is 6. The summed E-state index contributed by atoms with van der Waals surface area (Å²) in [5.41, 5.74) is 0. The lowest BCUT2D eigenvalue weighted by Gasteiger charge is -2.18. The van der Waals surface area contributed by atoms with Crippen LogP contribution in [0.4, 0.5) is 0 Å². The highest BCUT2D eigenvalue weighted by molar-refractivity contribution is 5.71. The molecule has 0 heterocycles. The fourth-order valence-electron chi connectivity index (χ4n) is 6.15. The van der Waals surface area contributed by atoms with E-state index in [0.29, 0.717) is 19.3 Å². The molecule has 6 nitrogen and oxygen atoms in total.